The Bertz CT molecular complexity index is 635. The SMILES string of the molecule is Cc1noc(C)c1C(=O)NCC1(c2ccccc2)CCCC1. The van der Waals surface area contributed by atoms with Gasteiger partial charge in [0, 0.05) is 12.0 Å². The van der Waals surface area contributed by atoms with E-state index in [-0.39, 0.29) is 11.3 Å². The molecule has 4 heteroatoms. The number of hydrogen-bond acceptors (Lipinski definition) is 3. The number of rotatable bonds is 4. The third-order valence-electron chi connectivity index (χ3n) is 4.79. The van der Waals surface area contributed by atoms with Gasteiger partial charge in [0.2, 0.25) is 0 Å². The molecule has 0 aliphatic heterocycles. The van der Waals surface area contributed by atoms with E-state index in [4.69, 9.17) is 4.52 Å². The lowest BCUT2D eigenvalue weighted by molar-refractivity contribution is 0.0941. The molecule has 116 valence electrons. The van der Waals surface area contributed by atoms with E-state index < -0.39 is 0 Å². The van der Waals surface area contributed by atoms with Crippen molar-refractivity contribution in [1.29, 1.82) is 0 Å². The average molecular weight is 298 g/mol. The van der Waals surface area contributed by atoms with Crippen molar-refractivity contribution in [1.82, 2.24) is 10.5 Å². The molecule has 4 nitrogen and oxygen atoms in total. The molecule has 0 unspecified atom stereocenters. The maximum Gasteiger partial charge on any atom is 0.256 e. The fourth-order valence-electron chi connectivity index (χ4n) is 3.56. The largest absolute Gasteiger partial charge is 0.361 e. The molecule has 22 heavy (non-hydrogen) atoms. The summed E-state index contributed by atoms with van der Waals surface area (Å²) in [6.45, 7) is 4.24. The fraction of sp³-hybridized carbons (Fsp3) is 0.444. The standard InChI is InChI=1S/C18H22N2O2/c1-13-16(14(2)22-20-13)17(21)19-12-18(10-6-7-11-18)15-8-4-3-5-9-15/h3-5,8-9H,6-7,10-12H2,1-2H3,(H,19,21). The van der Waals surface area contributed by atoms with Gasteiger partial charge in [-0.3, -0.25) is 4.79 Å². The van der Waals surface area contributed by atoms with Crippen LogP contribution in [-0.4, -0.2) is 17.6 Å². The Balaban J connectivity index is 1.77. The maximum atomic E-state index is 12.5. The van der Waals surface area contributed by atoms with E-state index in [1.165, 1.54) is 18.4 Å². The number of amides is 1. The van der Waals surface area contributed by atoms with Gasteiger partial charge < -0.3 is 9.84 Å². The van der Waals surface area contributed by atoms with Gasteiger partial charge in [0.15, 0.2) is 0 Å². The summed E-state index contributed by atoms with van der Waals surface area (Å²) < 4.78 is 5.09. The van der Waals surface area contributed by atoms with Crippen molar-refractivity contribution in [3.8, 4) is 0 Å². The van der Waals surface area contributed by atoms with Gasteiger partial charge >= 0.3 is 0 Å². The fourth-order valence-corrected chi connectivity index (χ4v) is 3.56. The van der Waals surface area contributed by atoms with Crippen molar-refractivity contribution in [3.63, 3.8) is 0 Å². The number of nitrogens with one attached hydrogen (secondary N) is 1. The number of benzene rings is 1. The van der Waals surface area contributed by atoms with Crippen molar-refractivity contribution in [2.45, 2.75) is 44.9 Å². The zero-order chi connectivity index (χ0) is 15.6. The first kappa shape index (κ1) is 14.8. The maximum absolute atomic E-state index is 12.5. The van der Waals surface area contributed by atoms with Crippen LogP contribution in [0.15, 0.2) is 34.9 Å². The highest BCUT2D eigenvalue weighted by Gasteiger charge is 2.36. The zero-order valence-electron chi connectivity index (χ0n) is 13.2. The van der Waals surface area contributed by atoms with E-state index in [1.54, 1.807) is 13.8 Å². The Kier molecular flexibility index (Phi) is 4.01. The summed E-state index contributed by atoms with van der Waals surface area (Å²) in [7, 11) is 0. The van der Waals surface area contributed by atoms with Gasteiger partial charge in [0.1, 0.15) is 11.3 Å². The Morgan fingerprint density at radius 3 is 2.50 bits per heavy atom. The van der Waals surface area contributed by atoms with Crippen LogP contribution in [0.2, 0.25) is 0 Å². The number of aromatic nitrogens is 1. The number of hydrogen-bond donors (Lipinski definition) is 1. The number of carbonyl (C=O) groups is 1. The van der Waals surface area contributed by atoms with Gasteiger partial charge in [-0.05, 0) is 32.3 Å². The molecule has 0 spiro atoms. The van der Waals surface area contributed by atoms with Crippen LogP contribution >= 0.6 is 0 Å². The van der Waals surface area contributed by atoms with E-state index >= 15 is 0 Å². The van der Waals surface area contributed by atoms with Gasteiger partial charge in [0.05, 0.1) is 5.69 Å². The van der Waals surface area contributed by atoms with Crippen LogP contribution in [0.25, 0.3) is 0 Å². The first-order valence-electron chi connectivity index (χ1n) is 7.89. The summed E-state index contributed by atoms with van der Waals surface area (Å²) in [5.41, 5.74) is 2.61. The first-order valence-corrected chi connectivity index (χ1v) is 7.89. The molecule has 2 aromatic rings. The lowest BCUT2D eigenvalue weighted by Gasteiger charge is -2.30. The van der Waals surface area contributed by atoms with Crippen LogP contribution in [0, 0.1) is 13.8 Å². The zero-order valence-corrected chi connectivity index (χ0v) is 13.2. The number of carbonyl (C=O) groups excluding carboxylic acids is 1. The molecule has 0 bridgehead atoms. The Morgan fingerprint density at radius 2 is 1.91 bits per heavy atom. The minimum Gasteiger partial charge on any atom is -0.361 e. The summed E-state index contributed by atoms with van der Waals surface area (Å²) in [5.74, 6) is 0.494. The second-order valence-electron chi connectivity index (χ2n) is 6.24. The minimum absolute atomic E-state index is 0.0654. The first-order chi connectivity index (χ1) is 10.6. The quantitative estimate of drug-likeness (QED) is 0.939. The molecule has 0 radical (unpaired) electrons. The predicted octanol–water partition coefficient (Wildman–Crippen LogP) is 3.53. The van der Waals surface area contributed by atoms with E-state index in [0.717, 1.165) is 12.8 Å². The van der Waals surface area contributed by atoms with Crippen molar-refractivity contribution in [2.24, 2.45) is 0 Å². The van der Waals surface area contributed by atoms with Crippen LogP contribution in [-0.2, 0) is 5.41 Å². The lowest BCUT2D eigenvalue weighted by atomic mass is 9.79. The minimum atomic E-state index is -0.0848. The molecule has 1 aromatic carbocycles. The van der Waals surface area contributed by atoms with Crippen LogP contribution in [0.5, 0.6) is 0 Å². The topological polar surface area (TPSA) is 55.1 Å². The van der Waals surface area contributed by atoms with Crippen LogP contribution in [0.4, 0.5) is 0 Å². The Morgan fingerprint density at radius 1 is 1.23 bits per heavy atom. The molecule has 1 aromatic heterocycles. The van der Waals surface area contributed by atoms with Gasteiger partial charge in [0.25, 0.3) is 5.91 Å². The van der Waals surface area contributed by atoms with Gasteiger partial charge in [-0.15, -0.1) is 0 Å². The molecule has 1 aliphatic rings. The molecule has 1 N–H and O–H groups in total. The molecule has 1 amide bonds. The van der Waals surface area contributed by atoms with E-state index in [9.17, 15) is 4.79 Å². The normalized spacial score (nSPS) is 16.6. The number of aryl methyl sites for hydroxylation is 2. The molecular weight excluding hydrogens is 276 g/mol. The second-order valence-corrected chi connectivity index (χ2v) is 6.24. The van der Waals surface area contributed by atoms with E-state index in [2.05, 4.69) is 34.7 Å². The second kappa shape index (κ2) is 5.95. The van der Waals surface area contributed by atoms with Crippen molar-refractivity contribution in [3.05, 3.63) is 52.9 Å². The van der Waals surface area contributed by atoms with Crippen molar-refractivity contribution < 1.29 is 9.32 Å². The summed E-state index contributed by atoms with van der Waals surface area (Å²) >= 11 is 0. The average Bonchev–Trinajstić information content (AvgIpc) is 3.14. The highest BCUT2D eigenvalue weighted by atomic mass is 16.5. The number of nitrogens with zero attached hydrogens (tertiary/aromatic N) is 1. The van der Waals surface area contributed by atoms with E-state index in [1.807, 2.05) is 6.07 Å². The third kappa shape index (κ3) is 2.65. The molecule has 0 saturated heterocycles. The van der Waals surface area contributed by atoms with Gasteiger partial charge in [-0.1, -0.05) is 48.3 Å². The highest BCUT2D eigenvalue weighted by Crippen LogP contribution is 2.40. The Hall–Kier alpha value is -2.10. The summed E-state index contributed by atoms with van der Waals surface area (Å²) in [4.78, 5) is 12.5. The highest BCUT2D eigenvalue weighted by molar-refractivity contribution is 5.96. The lowest BCUT2D eigenvalue weighted by Crippen LogP contribution is -2.39. The van der Waals surface area contributed by atoms with Gasteiger partial charge in [-0.2, -0.15) is 0 Å². The van der Waals surface area contributed by atoms with Crippen molar-refractivity contribution >= 4 is 5.91 Å². The summed E-state index contributed by atoms with van der Waals surface area (Å²) in [6, 6.07) is 10.5. The summed E-state index contributed by atoms with van der Waals surface area (Å²) in [6.07, 6.45) is 4.68. The van der Waals surface area contributed by atoms with Crippen LogP contribution in [0.1, 0.15) is 53.1 Å². The molecule has 1 aliphatic carbocycles. The molecular formula is C18H22N2O2. The monoisotopic (exact) mass is 298 g/mol. The third-order valence-corrected chi connectivity index (χ3v) is 4.79. The molecule has 1 heterocycles. The summed E-state index contributed by atoms with van der Waals surface area (Å²) in [5, 5.41) is 6.97. The van der Waals surface area contributed by atoms with Crippen molar-refractivity contribution in [2.75, 3.05) is 6.54 Å². The Labute approximate surface area is 130 Å². The van der Waals surface area contributed by atoms with Crippen LogP contribution < -0.4 is 5.32 Å². The molecule has 1 fully saturated rings. The molecule has 0 atom stereocenters. The predicted molar refractivity (Wildman–Crippen MR) is 84.9 cm³/mol. The van der Waals surface area contributed by atoms with E-state index in [0.29, 0.717) is 23.6 Å². The molecule has 3 rings (SSSR count). The smallest absolute Gasteiger partial charge is 0.256 e. The van der Waals surface area contributed by atoms with Gasteiger partial charge in [-0.25, -0.2) is 0 Å². The molecule has 1 saturated carbocycles. The van der Waals surface area contributed by atoms with Crippen LogP contribution in [0.3, 0.4) is 0 Å².